The number of carbonyl (C=O) groups is 1. The summed E-state index contributed by atoms with van der Waals surface area (Å²) < 4.78 is 5.65. The first-order valence-electron chi connectivity index (χ1n) is 8.09. The van der Waals surface area contributed by atoms with Crippen LogP contribution in [0, 0.1) is 0 Å². The maximum Gasteiger partial charge on any atom is 0.248 e. The molecular formula is C19H24N2O2. The number of nitrogens with zero attached hydrogens (tertiary/aromatic N) is 2. The molecule has 1 amide bonds. The highest BCUT2D eigenvalue weighted by Gasteiger charge is 2.32. The van der Waals surface area contributed by atoms with Crippen molar-refractivity contribution in [1.82, 2.24) is 9.80 Å². The molecule has 0 saturated carbocycles. The Morgan fingerprint density at radius 3 is 2.61 bits per heavy atom. The van der Waals surface area contributed by atoms with E-state index in [2.05, 4.69) is 54.3 Å². The zero-order chi connectivity index (χ0) is 16.4. The van der Waals surface area contributed by atoms with Gasteiger partial charge in [0, 0.05) is 33.2 Å². The van der Waals surface area contributed by atoms with Gasteiger partial charge in [-0.2, -0.15) is 0 Å². The van der Waals surface area contributed by atoms with Crippen LogP contribution in [0.5, 0.6) is 0 Å². The number of rotatable bonds is 5. The summed E-state index contributed by atoms with van der Waals surface area (Å²) in [4.78, 5) is 15.5. The topological polar surface area (TPSA) is 32.8 Å². The summed E-state index contributed by atoms with van der Waals surface area (Å²) in [7, 11) is 3.50. The third-order valence-corrected chi connectivity index (χ3v) is 4.62. The summed E-state index contributed by atoms with van der Waals surface area (Å²) in [5, 5.41) is 2.55. The van der Waals surface area contributed by atoms with Gasteiger partial charge in [-0.15, -0.1) is 0 Å². The first kappa shape index (κ1) is 16.0. The van der Waals surface area contributed by atoms with Crippen LogP contribution in [0.15, 0.2) is 42.5 Å². The van der Waals surface area contributed by atoms with E-state index in [0.717, 1.165) is 13.1 Å². The highest BCUT2D eigenvalue weighted by molar-refractivity contribution is 5.83. The molecule has 122 valence electrons. The number of likely N-dealkylation sites (N-methyl/N-ethyl adjacent to an activating group) is 1. The number of benzene rings is 2. The summed E-state index contributed by atoms with van der Waals surface area (Å²) in [5.74, 6) is 0.0195. The lowest BCUT2D eigenvalue weighted by Gasteiger charge is -2.43. The lowest BCUT2D eigenvalue weighted by Crippen LogP contribution is -2.53. The highest BCUT2D eigenvalue weighted by atomic mass is 16.5. The van der Waals surface area contributed by atoms with Crippen molar-refractivity contribution in [3.63, 3.8) is 0 Å². The molecule has 1 heterocycles. The Morgan fingerprint density at radius 1 is 1.22 bits per heavy atom. The van der Waals surface area contributed by atoms with Crippen molar-refractivity contribution in [2.24, 2.45) is 0 Å². The van der Waals surface area contributed by atoms with E-state index in [4.69, 9.17) is 4.74 Å². The average Bonchev–Trinajstić information content (AvgIpc) is 2.52. The van der Waals surface area contributed by atoms with Crippen LogP contribution in [-0.2, 0) is 9.53 Å². The molecule has 1 unspecified atom stereocenters. The molecular weight excluding hydrogens is 288 g/mol. The molecule has 1 atom stereocenters. The SMILES string of the molecule is CC(c1ccc2ccccc2c1)N1CC(OCC(=O)N(C)C)C1. The number of hydrogen-bond acceptors (Lipinski definition) is 3. The fraction of sp³-hybridized carbons (Fsp3) is 0.421. The Hall–Kier alpha value is -1.91. The fourth-order valence-corrected chi connectivity index (χ4v) is 2.89. The Labute approximate surface area is 137 Å². The molecule has 2 aromatic rings. The lowest BCUT2D eigenvalue weighted by molar-refractivity contribution is -0.141. The van der Waals surface area contributed by atoms with Crippen molar-refractivity contribution in [3.8, 4) is 0 Å². The van der Waals surface area contributed by atoms with Gasteiger partial charge < -0.3 is 9.64 Å². The molecule has 2 aromatic carbocycles. The molecule has 1 aliphatic heterocycles. The van der Waals surface area contributed by atoms with Crippen LogP contribution < -0.4 is 0 Å². The van der Waals surface area contributed by atoms with E-state index in [1.54, 1.807) is 19.0 Å². The monoisotopic (exact) mass is 312 g/mol. The molecule has 1 fully saturated rings. The largest absolute Gasteiger partial charge is 0.366 e. The molecule has 0 N–H and O–H groups in total. The first-order chi connectivity index (χ1) is 11.0. The van der Waals surface area contributed by atoms with Gasteiger partial charge in [-0.25, -0.2) is 0 Å². The van der Waals surface area contributed by atoms with Gasteiger partial charge in [0.2, 0.25) is 5.91 Å². The molecule has 0 radical (unpaired) electrons. The van der Waals surface area contributed by atoms with E-state index < -0.39 is 0 Å². The summed E-state index contributed by atoms with van der Waals surface area (Å²) in [6.07, 6.45) is 0.168. The maximum atomic E-state index is 11.5. The number of ether oxygens (including phenoxy) is 1. The van der Waals surface area contributed by atoms with E-state index in [1.807, 2.05) is 0 Å². The third kappa shape index (κ3) is 3.54. The second kappa shape index (κ2) is 6.69. The van der Waals surface area contributed by atoms with Crippen molar-refractivity contribution in [2.75, 3.05) is 33.8 Å². The number of amides is 1. The summed E-state index contributed by atoms with van der Waals surface area (Å²) in [6, 6.07) is 15.5. The minimum atomic E-state index is 0.0195. The minimum Gasteiger partial charge on any atom is -0.366 e. The minimum absolute atomic E-state index is 0.0195. The molecule has 1 aliphatic rings. The average molecular weight is 312 g/mol. The normalized spacial score (nSPS) is 17.0. The van der Waals surface area contributed by atoms with E-state index in [1.165, 1.54) is 16.3 Å². The number of fused-ring (bicyclic) bond motifs is 1. The number of hydrogen-bond donors (Lipinski definition) is 0. The standard InChI is InChI=1S/C19H24N2O2/c1-14(16-9-8-15-6-4-5-7-17(15)10-16)21-11-18(12-21)23-13-19(22)20(2)3/h4-10,14,18H,11-13H2,1-3H3. The van der Waals surface area contributed by atoms with Crippen LogP contribution in [0.2, 0.25) is 0 Å². The van der Waals surface area contributed by atoms with Crippen LogP contribution in [0.25, 0.3) is 10.8 Å². The quantitative estimate of drug-likeness (QED) is 0.851. The lowest BCUT2D eigenvalue weighted by atomic mass is 9.99. The second-order valence-corrected chi connectivity index (χ2v) is 6.46. The molecule has 0 aliphatic carbocycles. The van der Waals surface area contributed by atoms with Crippen LogP contribution in [0.1, 0.15) is 18.5 Å². The predicted octanol–water partition coefficient (Wildman–Crippen LogP) is 2.69. The highest BCUT2D eigenvalue weighted by Crippen LogP contribution is 2.28. The van der Waals surface area contributed by atoms with Gasteiger partial charge in [-0.05, 0) is 29.3 Å². The van der Waals surface area contributed by atoms with E-state index in [9.17, 15) is 4.79 Å². The molecule has 4 heteroatoms. The van der Waals surface area contributed by atoms with Gasteiger partial charge in [0.1, 0.15) is 6.61 Å². The Bertz CT molecular complexity index is 693. The Balaban J connectivity index is 1.55. The molecule has 0 bridgehead atoms. The molecule has 1 saturated heterocycles. The van der Waals surface area contributed by atoms with Gasteiger partial charge in [0.15, 0.2) is 0 Å². The molecule has 23 heavy (non-hydrogen) atoms. The predicted molar refractivity (Wildman–Crippen MR) is 92.4 cm³/mol. The van der Waals surface area contributed by atoms with Crippen molar-refractivity contribution >= 4 is 16.7 Å². The van der Waals surface area contributed by atoms with Crippen molar-refractivity contribution < 1.29 is 9.53 Å². The fourth-order valence-electron chi connectivity index (χ4n) is 2.89. The Morgan fingerprint density at radius 2 is 1.91 bits per heavy atom. The molecule has 3 rings (SSSR count). The van der Waals surface area contributed by atoms with Crippen molar-refractivity contribution in [2.45, 2.75) is 19.1 Å². The van der Waals surface area contributed by atoms with Crippen molar-refractivity contribution in [1.29, 1.82) is 0 Å². The van der Waals surface area contributed by atoms with E-state index in [-0.39, 0.29) is 18.6 Å². The van der Waals surface area contributed by atoms with Crippen LogP contribution in [-0.4, -0.2) is 55.6 Å². The third-order valence-electron chi connectivity index (χ3n) is 4.62. The molecule has 4 nitrogen and oxygen atoms in total. The second-order valence-electron chi connectivity index (χ2n) is 6.46. The zero-order valence-electron chi connectivity index (χ0n) is 14.0. The summed E-state index contributed by atoms with van der Waals surface area (Å²) in [5.41, 5.74) is 1.33. The van der Waals surface area contributed by atoms with Gasteiger partial charge in [0.25, 0.3) is 0 Å². The zero-order valence-corrected chi connectivity index (χ0v) is 14.0. The van der Waals surface area contributed by atoms with Gasteiger partial charge in [0.05, 0.1) is 6.10 Å². The van der Waals surface area contributed by atoms with Crippen molar-refractivity contribution in [3.05, 3.63) is 48.0 Å². The van der Waals surface area contributed by atoms with Gasteiger partial charge in [-0.3, -0.25) is 9.69 Å². The van der Waals surface area contributed by atoms with E-state index in [0.29, 0.717) is 6.04 Å². The Kier molecular flexibility index (Phi) is 4.64. The smallest absolute Gasteiger partial charge is 0.248 e. The van der Waals surface area contributed by atoms with Crippen LogP contribution in [0.3, 0.4) is 0 Å². The van der Waals surface area contributed by atoms with Gasteiger partial charge >= 0.3 is 0 Å². The number of likely N-dealkylation sites (tertiary alicyclic amines) is 1. The summed E-state index contributed by atoms with van der Waals surface area (Å²) >= 11 is 0. The van der Waals surface area contributed by atoms with Gasteiger partial charge in [-0.1, -0.05) is 36.4 Å². The molecule has 0 spiro atoms. The summed E-state index contributed by atoms with van der Waals surface area (Å²) in [6.45, 7) is 4.17. The maximum absolute atomic E-state index is 11.5. The molecule has 0 aromatic heterocycles. The van der Waals surface area contributed by atoms with Crippen LogP contribution >= 0.6 is 0 Å². The first-order valence-corrected chi connectivity index (χ1v) is 8.09. The van der Waals surface area contributed by atoms with E-state index >= 15 is 0 Å². The number of carbonyl (C=O) groups excluding carboxylic acids is 1. The van der Waals surface area contributed by atoms with Crippen LogP contribution in [0.4, 0.5) is 0 Å².